The highest BCUT2D eigenvalue weighted by molar-refractivity contribution is 6.33. The van der Waals surface area contributed by atoms with Crippen molar-refractivity contribution in [1.29, 1.82) is 0 Å². The van der Waals surface area contributed by atoms with E-state index in [1.54, 1.807) is 16.8 Å². The molecule has 2 heterocycles. The summed E-state index contributed by atoms with van der Waals surface area (Å²) in [5.41, 5.74) is 1.82. The number of halogens is 1. The van der Waals surface area contributed by atoms with Crippen molar-refractivity contribution in [3.8, 4) is 5.82 Å². The van der Waals surface area contributed by atoms with Crippen LogP contribution in [0.15, 0.2) is 18.2 Å². The number of carbonyl (C=O) groups excluding carboxylic acids is 1. The van der Waals surface area contributed by atoms with E-state index in [-0.39, 0.29) is 23.6 Å². The Morgan fingerprint density at radius 2 is 2.17 bits per heavy atom. The molecule has 1 fully saturated rings. The molecule has 23 heavy (non-hydrogen) atoms. The third-order valence-electron chi connectivity index (χ3n) is 4.19. The average molecular weight is 335 g/mol. The first-order valence-corrected chi connectivity index (χ1v) is 7.91. The highest BCUT2D eigenvalue weighted by Crippen LogP contribution is 2.44. The van der Waals surface area contributed by atoms with Gasteiger partial charge in [0.05, 0.1) is 17.3 Å². The number of nitrogens with zero attached hydrogens (tertiary/aromatic N) is 3. The molecule has 1 aliphatic carbocycles. The number of aliphatic hydroxyl groups is 1. The van der Waals surface area contributed by atoms with Crippen molar-refractivity contribution in [2.75, 3.05) is 13.2 Å². The molecule has 2 N–H and O–H groups in total. The van der Waals surface area contributed by atoms with Gasteiger partial charge in [-0.15, -0.1) is 0 Å². The predicted octanol–water partition coefficient (Wildman–Crippen LogP) is 2.04. The third-order valence-corrected chi connectivity index (χ3v) is 4.49. The van der Waals surface area contributed by atoms with E-state index in [2.05, 4.69) is 15.4 Å². The summed E-state index contributed by atoms with van der Waals surface area (Å²) in [6.45, 7) is 4.34. The maximum atomic E-state index is 12.4. The van der Waals surface area contributed by atoms with Crippen molar-refractivity contribution in [1.82, 2.24) is 20.1 Å². The van der Waals surface area contributed by atoms with Crippen LogP contribution in [0, 0.1) is 19.3 Å². The maximum absolute atomic E-state index is 12.4. The molecule has 0 radical (unpaired) electrons. The summed E-state index contributed by atoms with van der Waals surface area (Å²) in [6.07, 6.45) is 1.85. The molecule has 0 aromatic carbocycles. The number of hydrogen-bond donors (Lipinski definition) is 2. The van der Waals surface area contributed by atoms with Crippen molar-refractivity contribution in [3.05, 3.63) is 40.3 Å². The van der Waals surface area contributed by atoms with Crippen molar-refractivity contribution in [2.45, 2.75) is 26.7 Å². The summed E-state index contributed by atoms with van der Waals surface area (Å²) < 4.78 is 1.68. The van der Waals surface area contributed by atoms with E-state index in [0.717, 1.165) is 24.2 Å². The normalized spacial score (nSPS) is 15.5. The average Bonchev–Trinajstić information content (AvgIpc) is 3.24. The highest BCUT2D eigenvalue weighted by Gasteiger charge is 2.42. The molecule has 1 aliphatic rings. The van der Waals surface area contributed by atoms with E-state index in [4.69, 9.17) is 11.6 Å². The fourth-order valence-corrected chi connectivity index (χ4v) is 2.68. The summed E-state index contributed by atoms with van der Waals surface area (Å²) in [5.74, 6) is 0.214. The van der Waals surface area contributed by atoms with Crippen LogP contribution < -0.4 is 5.32 Å². The number of aliphatic hydroxyl groups excluding tert-OH is 1. The van der Waals surface area contributed by atoms with E-state index >= 15 is 0 Å². The van der Waals surface area contributed by atoms with Crippen molar-refractivity contribution in [3.63, 3.8) is 0 Å². The number of carbonyl (C=O) groups is 1. The SMILES string of the molecule is Cc1cc(C)n(-c2ccc(Cl)c(C(=O)NCC3(CO)CC3)n2)n1. The highest BCUT2D eigenvalue weighted by atomic mass is 35.5. The van der Waals surface area contributed by atoms with Gasteiger partial charge in [-0.05, 0) is 44.9 Å². The molecule has 0 spiro atoms. The summed E-state index contributed by atoms with van der Waals surface area (Å²) in [5, 5.41) is 16.8. The fourth-order valence-electron chi connectivity index (χ4n) is 2.49. The lowest BCUT2D eigenvalue weighted by molar-refractivity contribution is 0.0930. The zero-order valence-corrected chi connectivity index (χ0v) is 13.9. The Labute approximate surface area is 139 Å². The second-order valence-corrected chi connectivity index (χ2v) is 6.59. The number of rotatable bonds is 5. The Bertz CT molecular complexity index is 753. The zero-order valence-electron chi connectivity index (χ0n) is 13.1. The van der Waals surface area contributed by atoms with Gasteiger partial charge in [-0.1, -0.05) is 11.6 Å². The van der Waals surface area contributed by atoms with Gasteiger partial charge in [-0.3, -0.25) is 4.79 Å². The molecule has 0 bridgehead atoms. The second kappa shape index (κ2) is 5.94. The van der Waals surface area contributed by atoms with Gasteiger partial charge in [0, 0.05) is 17.7 Å². The van der Waals surface area contributed by atoms with Gasteiger partial charge >= 0.3 is 0 Å². The minimum atomic E-state index is -0.335. The first-order valence-electron chi connectivity index (χ1n) is 7.53. The van der Waals surface area contributed by atoms with Crippen LogP contribution in [0.5, 0.6) is 0 Å². The van der Waals surface area contributed by atoms with E-state index < -0.39 is 0 Å². The van der Waals surface area contributed by atoms with Crippen molar-refractivity contribution < 1.29 is 9.90 Å². The van der Waals surface area contributed by atoms with Gasteiger partial charge in [0.25, 0.3) is 5.91 Å². The third kappa shape index (κ3) is 3.23. The Kier molecular flexibility index (Phi) is 4.12. The predicted molar refractivity (Wildman–Crippen MR) is 86.9 cm³/mol. The molecule has 0 unspecified atom stereocenters. The molecule has 1 saturated carbocycles. The second-order valence-electron chi connectivity index (χ2n) is 6.18. The van der Waals surface area contributed by atoms with Crippen molar-refractivity contribution >= 4 is 17.5 Å². The van der Waals surface area contributed by atoms with Crippen LogP contribution in [0.25, 0.3) is 5.82 Å². The molecule has 0 saturated heterocycles. The molecule has 0 atom stereocenters. The fraction of sp³-hybridized carbons (Fsp3) is 0.438. The molecule has 3 rings (SSSR count). The number of aromatic nitrogens is 3. The van der Waals surface area contributed by atoms with Crippen LogP contribution in [0.4, 0.5) is 0 Å². The smallest absolute Gasteiger partial charge is 0.271 e. The number of pyridine rings is 1. The molecule has 7 heteroatoms. The minimum absolute atomic E-state index is 0.0836. The topological polar surface area (TPSA) is 80.0 Å². The van der Waals surface area contributed by atoms with Crippen LogP contribution in [-0.2, 0) is 0 Å². The van der Waals surface area contributed by atoms with Gasteiger partial charge < -0.3 is 10.4 Å². The van der Waals surface area contributed by atoms with E-state index in [1.165, 1.54) is 0 Å². The number of nitrogens with one attached hydrogen (secondary N) is 1. The molecule has 122 valence electrons. The minimum Gasteiger partial charge on any atom is -0.396 e. The van der Waals surface area contributed by atoms with Crippen LogP contribution in [-0.4, -0.2) is 38.9 Å². The Balaban J connectivity index is 1.83. The van der Waals surface area contributed by atoms with Crippen LogP contribution in [0.1, 0.15) is 34.7 Å². The quantitative estimate of drug-likeness (QED) is 0.877. The van der Waals surface area contributed by atoms with E-state index in [1.807, 2.05) is 19.9 Å². The van der Waals surface area contributed by atoms with Gasteiger partial charge in [0.15, 0.2) is 5.82 Å². The lowest BCUT2D eigenvalue weighted by Crippen LogP contribution is -2.32. The van der Waals surface area contributed by atoms with Gasteiger partial charge in [0.2, 0.25) is 0 Å². The number of amides is 1. The first-order chi connectivity index (χ1) is 10.9. The van der Waals surface area contributed by atoms with Crippen LogP contribution in [0.3, 0.4) is 0 Å². The largest absolute Gasteiger partial charge is 0.396 e. The summed E-state index contributed by atoms with van der Waals surface area (Å²) in [6, 6.07) is 5.32. The van der Waals surface area contributed by atoms with Gasteiger partial charge in [-0.2, -0.15) is 5.10 Å². The monoisotopic (exact) mass is 334 g/mol. The Morgan fingerprint density at radius 3 is 2.74 bits per heavy atom. The summed E-state index contributed by atoms with van der Waals surface area (Å²) >= 11 is 6.12. The standard InChI is InChI=1S/C16H19ClN4O2/c1-10-7-11(2)21(20-10)13-4-3-12(17)14(19-13)15(23)18-8-16(9-22)5-6-16/h3-4,7,22H,5-6,8-9H2,1-2H3,(H,18,23). The molecular formula is C16H19ClN4O2. The molecule has 6 nitrogen and oxygen atoms in total. The Hall–Kier alpha value is -1.92. The number of aryl methyl sites for hydroxylation is 2. The van der Waals surface area contributed by atoms with Crippen molar-refractivity contribution in [2.24, 2.45) is 5.41 Å². The molecule has 2 aromatic rings. The Morgan fingerprint density at radius 1 is 1.43 bits per heavy atom. The molecular weight excluding hydrogens is 316 g/mol. The number of hydrogen-bond acceptors (Lipinski definition) is 4. The maximum Gasteiger partial charge on any atom is 0.271 e. The first kappa shape index (κ1) is 16.0. The van der Waals surface area contributed by atoms with E-state index in [0.29, 0.717) is 17.4 Å². The lowest BCUT2D eigenvalue weighted by atomic mass is 10.1. The lowest BCUT2D eigenvalue weighted by Gasteiger charge is -2.13. The van der Waals surface area contributed by atoms with Gasteiger partial charge in [-0.25, -0.2) is 9.67 Å². The zero-order chi connectivity index (χ0) is 16.6. The summed E-state index contributed by atoms with van der Waals surface area (Å²) in [7, 11) is 0. The van der Waals surface area contributed by atoms with Gasteiger partial charge in [0.1, 0.15) is 5.69 Å². The molecule has 0 aliphatic heterocycles. The van der Waals surface area contributed by atoms with Crippen LogP contribution >= 0.6 is 11.6 Å². The van der Waals surface area contributed by atoms with E-state index in [9.17, 15) is 9.90 Å². The molecule has 1 amide bonds. The van der Waals surface area contributed by atoms with Crippen LogP contribution in [0.2, 0.25) is 5.02 Å². The summed E-state index contributed by atoms with van der Waals surface area (Å²) in [4.78, 5) is 16.7. The molecule has 2 aromatic heterocycles.